The highest BCUT2D eigenvalue weighted by atomic mass is 16.2. The fraction of sp³-hybridized carbons (Fsp3) is 0.231. The molecule has 3 aromatic heterocycles. The van der Waals surface area contributed by atoms with Gasteiger partial charge in [-0.15, -0.1) is 0 Å². The first kappa shape index (κ1) is 23.2. The molecule has 0 saturated carbocycles. The number of hydrogen-bond acceptors (Lipinski definition) is 7. The van der Waals surface area contributed by atoms with Gasteiger partial charge in [0.2, 0.25) is 5.91 Å². The number of amides is 2. The smallest absolute Gasteiger partial charge is 0.256 e. The lowest BCUT2D eigenvalue weighted by Crippen LogP contribution is -2.27. The van der Waals surface area contributed by atoms with Crippen LogP contribution in [0.2, 0.25) is 0 Å². The van der Waals surface area contributed by atoms with Crippen molar-refractivity contribution in [3.8, 4) is 11.3 Å². The maximum absolute atomic E-state index is 12.7. The van der Waals surface area contributed by atoms with Crippen molar-refractivity contribution in [1.82, 2.24) is 29.6 Å². The van der Waals surface area contributed by atoms with Gasteiger partial charge in [-0.25, -0.2) is 19.6 Å². The van der Waals surface area contributed by atoms with E-state index < -0.39 is 0 Å². The van der Waals surface area contributed by atoms with Crippen LogP contribution in [0, 0.1) is 6.92 Å². The molecule has 36 heavy (non-hydrogen) atoms. The maximum atomic E-state index is 12.7. The van der Waals surface area contributed by atoms with Gasteiger partial charge in [-0.3, -0.25) is 9.59 Å². The van der Waals surface area contributed by atoms with Crippen molar-refractivity contribution in [3.63, 3.8) is 0 Å². The molecule has 5 rings (SSSR count). The van der Waals surface area contributed by atoms with Crippen molar-refractivity contribution in [2.75, 3.05) is 24.1 Å². The summed E-state index contributed by atoms with van der Waals surface area (Å²) in [7, 11) is 0. The van der Waals surface area contributed by atoms with Crippen molar-refractivity contribution in [2.45, 2.75) is 26.3 Å². The Balaban J connectivity index is 1.44. The fourth-order valence-corrected chi connectivity index (χ4v) is 4.41. The molecule has 10 heteroatoms. The number of nitrogen functional groups attached to an aromatic ring is 1. The van der Waals surface area contributed by atoms with Crippen LogP contribution in [-0.4, -0.2) is 54.5 Å². The number of anilines is 2. The molecule has 10 nitrogen and oxygen atoms in total. The number of allylic oxidation sites excluding steroid dienone is 1. The van der Waals surface area contributed by atoms with E-state index in [1.54, 1.807) is 35.4 Å². The normalized spacial score (nSPS) is 15.6. The molecular weight excluding hydrogens is 456 g/mol. The van der Waals surface area contributed by atoms with Gasteiger partial charge >= 0.3 is 0 Å². The summed E-state index contributed by atoms with van der Waals surface area (Å²) in [6, 6.07) is 10.8. The van der Waals surface area contributed by atoms with Gasteiger partial charge in [0.25, 0.3) is 5.91 Å². The van der Waals surface area contributed by atoms with E-state index in [-0.39, 0.29) is 17.9 Å². The first-order valence-corrected chi connectivity index (χ1v) is 11.7. The predicted octanol–water partition coefficient (Wildman–Crippen LogP) is 3.38. The van der Waals surface area contributed by atoms with Crippen molar-refractivity contribution < 1.29 is 9.59 Å². The van der Waals surface area contributed by atoms with Gasteiger partial charge in [-0.05, 0) is 56.2 Å². The second-order valence-corrected chi connectivity index (χ2v) is 8.73. The standard InChI is InChI=1S/C26H26N8O2/c1-3-4-21(35)33-12-10-19(14-33)34-25-22(24(27)29-15-30-25)23(32-34)17-5-7-18(8-6-17)26(36)31-20-13-16(2)9-11-28-20/h3-9,11,13,15,19H,10,12,14H2,1-2H3,(H2,27,29,30)(H,28,31,36). The van der Waals surface area contributed by atoms with Gasteiger partial charge in [0.15, 0.2) is 5.65 Å². The number of nitrogens with one attached hydrogen (secondary N) is 1. The minimum atomic E-state index is -0.255. The van der Waals surface area contributed by atoms with Crippen molar-refractivity contribution in [3.05, 3.63) is 72.2 Å². The zero-order chi connectivity index (χ0) is 25.2. The third kappa shape index (κ3) is 4.40. The van der Waals surface area contributed by atoms with Crippen molar-refractivity contribution >= 4 is 34.5 Å². The minimum absolute atomic E-state index is 0.0134. The highest BCUT2D eigenvalue weighted by Crippen LogP contribution is 2.34. The Hall–Kier alpha value is -4.60. The Morgan fingerprint density at radius 2 is 1.94 bits per heavy atom. The van der Waals surface area contributed by atoms with Gasteiger partial charge in [0.05, 0.1) is 11.4 Å². The van der Waals surface area contributed by atoms with Crippen molar-refractivity contribution in [1.29, 1.82) is 0 Å². The number of carbonyl (C=O) groups excluding carboxylic acids is 2. The largest absolute Gasteiger partial charge is 0.383 e. The molecule has 0 radical (unpaired) electrons. The SMILES string of the molecule is CC=CC(=O)N1CCC(n2nc(-c3ccc(C(=O)Nc4cc(C)ccn4)cc3)c3c(N)ncnc32)C1. The number of nitrogens with zero attached hydrogens (tertiary/aromatic N) is 6. The second kappa shape index (κ2) is 9.57. The molecule has 1 aromatic carbocycles. The molecule has 1 saturated heterocycles. The Morgan fingerprint density at radius 3 is 2.69 bits per heavy atom. The molecule has 1 fully saturated rings. The molecule has 1 unspecified atom stereocenters. The van der Waals surface area contributed by atoms with Crippen LogP contribution in [0.15, 0.2) is 61.1 Å². The number of nitrogens with two attached hydrogens (primary N) is 1. The van der Waals surface area contributed by atoms with E-state index in [0.717, 1.165) is 17.5 Å². The number of benzene rings is 1. The molecular formula is C26H26N8O2. The summed E-state index contributed by atoms with van der Waals surface area (Å²) in [5, 5.41) is 8.33. The molecule has 1 aliphatic heterocycles. The maximum Gasteiger partial charge on any atom is 0.256 e. The Bertz CT molecular complexity index is 1480. The van der Waals surface area contributed by atoms with Crippen LogP contribution < -0.4 is 11.1 Å². The molecule has 0 bridgehead atoms. The lowest BCUT2D eigenvalue weighted by molar-refractivity contribution is -0.125. The Morgan fingerprint density at radius 1 is 1.14 bits per heavy atom. The minimum Gasteiger partial charge on any atom is -0.383 e. The van der Waals surface area contributed by atoms with E-state index >= 15 is 0 Å². The highest BCUT2D eigenvalue weighted by molar-refractivity contribution is 6.04. The van der Waals surface area contributed by atoms with Gasteiger partial charge in [0.1, 0.15) is 23.7 Å². The number of fused-ring (bicyclic) bond motifs is 1. The lowest BCUT2D eigenvalue weighted by Gasteiger charge is -2.15. The van der Waals surface area contributed by atoms with Gasteiger partial charge in [0, 0.05) is 30.4 Å². The van der Waals surface area contributed by atoms with Crippen LogP contribution in [0.3, 0.4) is 0 Å². The summed E-state index contributed by atoms with van der Waals surface area (Å²) >= 11 is 0. The van der Waals surface area contributed by atoms with Crippen LogP contribution in [0.25, 0.3) is 22.3 Å². The average molecular weight is 483 g/mol. The topological polar surface area (TPSA) is 132 Å². The highest BCUT2D eigenvalue weighted by Gasteiger charge is 2.30. The predicted molar refractivity (Wildman–Crippen MR) is 137 cm³/mol. The van der Waals surface area contributed by atoms with Crippen LogP contribution in [0.4, 0.5) is 11.6 Å². The first-order valence-electron chi connectivity index (χ1n) is 11.7. The molecule has 1 atom stereocenters. The Kier molecular flexibility index (Phi) is 6.16. The monoisotopic (exact) mass is 482 g/mol. The lowest BCUT2D eigenvalue weighted by atomic mass is 10.1. The molecule has 182 valence electrons. The number of carbonyl (C=O) groups is 2. The number of pyridine rings is 1. The van der Waals surface area contributed by atoms with E-state index in [1.807, 2.05) is 42.8 Å². The molecule has 0 spiro atoms. The van der Waals surface area contributed by atoms with Crippen molar-refractivity contribution in [2.24, 2.45) is 0 Å². The number of likely N-dealkylation sites (tertiary alicyclic amines) is 1. The third-order valence-corrected chi connectivity index (χ3v) is 6.23. The zero-order valence-corrected chi connectivity index (χ0v) is 20.0. The van der Waals surface area contributed by atoms with E-state index in [4.69, 9.17) is 10.8 Å². The molecule has 2 amide bonds. The van der Waals surface area contributed by atoms with E-state index in [9.17, 15) is 9.59 Å². The summed E-state index contributed by atoms with van der Waals surface area (Å²) < 4.78 is 1.84. The average Bonchev–Trinajstić information content (AvgIpc) is 3.50. The van der Waals surface area contributed by atoms with Gasteiger partial charge in [-0.2, -0.15) is 5.10 Å². The summed E-state index contributed by atoms with van der Waals surface area (Å²) in [6.07, 6.45) is 7.15. The molecule has 4 aromatic rings. The van der Waals surface area contributed by atoms with E-state index in [1.165, 1.54) is 6.33 Å². The van der Waals surface area contributed by atoms with Crippen LogP contribution >= 0.6 is 0 Å². The van der Waals surface area contributed by atoms with Crippen LogP contribution in [0.1, 0.15) is 35.3 Å². The van der Waals surface area contributed by atoms with Crippen LogP contribution in [0.5, 0.6) is 0 Å². The molecule has 1 aliphatic rings. The molecule has 0 aliphatic carbocycles. The van der Waals surface area contributed by atoms with Gasteiger partial charge < -0.3 is 16.0 Å². The van der Waals surface area contributed by atoms with E-state index in [2.05, 4.69) is 20.3 Å². The summed E-state index contributed by atoms with van der Waals surface area (Å²) in [5.74, 6) is 0.556. The van der Waals surface area contributed by atoms with E-state index in [0.29, 0.717) is 47.0 Å². The molecule has 4 heterocycles. The second-order valence-electron chi connectivity index (χ2n) is 8.73. The Labute approximate surface area is 207 Å². The van der Waals surface area contributed by atoms with Crippen LogP contribution in [-0.2, 0) is 4.79 Å². The fourth-order valence-electron chi connectivity index (χ4n) is 4.41. The number of hydrogen-bond donors (Lipinski definition) is 2. The first-order chi connectivity index (χ1) is 17.4. The third-order valence-electron chi connectivity index (χ3n) is 6.23. The summed E-state index contributed by atoms with van der Waals surface area (Å²) in [5.41, 5.74) is 9.78. The number of rotatable bonds is 5. The summed E-state index contributed by atoms with van der Waals surface area (Å²) in [6.45, 7) is 4.95. The summed E-state index contributed by atoms with van der Waals surface area (Å²) in [4.78, 5) is 39.6. The zero-order valence-electron chi connectivity index (χ0n) is 20.0. The quantitative estimate of drug-likeness (QED) is 0.417. The number of aromatic nitrogens is 5. The number of aryl methyl sites for hydroxylation is 1. The molecule has 3 N–H and O–H groups in total. The van der Waals surface area contributed by atoms with Gasteiger partial charge in [-0.1, -0.05) is 18.2 Å².